The lowest BCUT2D eigenvalue weighted by atomic mass is 10.1. The molecule has 2 heterocycles. The van der Waals surface area contributed by atoms with E-state index in [1.807, 2.05) is 6.92 Å². The van der Waals surface area contributed by atoms with Gasteiger partial charge in [-0.3, -0.25) is 4.90 Å². The van der Waals surface area contributed by atoms with Crippen LogP contribution in [0.3, 0.4) is 0 Å². The van der Waals surface area contributed by atoms with Crippen molar-refractivity contribution in [2.75, 3.05) is 39.5 Å². The van der Waals surface area contributed by atoms with E-state index in [4.69, 9.17) is 14.2 Å². The second kappa shape index (κ2) is 9.67. The molecule has 6 heteroatoms. The molecule has 0 amide bonds. The van der Waals surface area contributed by atoms with Crippen LogP contribution in [0.25, 0.3) is 0 Å². The van der Waals surface area contributed by atoms with Gasteiger partial charge in [0.15, 0.2) is 0 Å². The van der Waals surface area contributed by atoms with E-state index in [-0.39, 0.29) is 18.7 Å². The SMILES string of the molecule is CCCC1COC(=O)/C(CCCCN2CCOCC2)=C/C(=O)O1. The van der Waals surface area contributed by atoms with Gasteiger partial charge in [0.1, 0.15) is 12.7 Å². The Morgan fingerprint density at radius 2 is 2.00 bits per heavy atom. The van der Waals surface area contributed by atoms with Crippen molar-refractivity contribution in [1.82, 2.24) is 4.90 Å². The lowest BCUT2D eigenvalue weighted by Crippen LogP contribution is -2.36. The van der Waals surface area contributed by atoms with Crippen LogP contribution in [0.15, 0.2) is 11.6 Å². The Labute approximate surface area is 137 Å². The smallest absolute Gasteiger partial charge is 0.334 e. The Kier molecular flexibility index (Phi) is 7.55. The zero-order chi connectivity index (χ0) is 16.5. The van der Waals surface area contributed by atoms with Crippen LogP contribution >= 0.6 is 0 Å². The van der Waals surface area contributed by atoms with Crippen molar-refractivity contribution in [3.05, 3.63) is 11.6 Å². The summed E-state index contributed by atoms with van der Waals surface area (Å²) in [6, 6.07) is 0. The zero-order valence-corrected chi connectivity index (χ0v) is 13.9. The van der Waals surface area contributed by atoms with Crippen LogP contribution in [-0.4, -0.2) is 62.4 Å². The van der Waals surface area contributed by atoms with E-state index in [1.54, 1.807) is 0 Å². The number of hydrogen-bond acceptors (Lipinski definition) is 6. The fourth-order valence-electron chi connectivity index (χ4n) is 2.81. The van der Waals surface area contributed by atoms with Gasteiger partial charge in [0.05, 0.1) is 13.2 Å². The molecule has 1 fully saturated rings. The van der Waals surface area contributed by atoms with Gasteiger partial charge in [0, 0.05) is 24.7 Å². The van der Waals surface area contributed by atoms with Gasteiger partial charge in [0.2, 0.25) is 0 Å². The van der Waals surface area contributed by atoms with Crippen molar-refractivity contribution in [2.45, 2.75) is 45.1 Å². The number of esters is 2. The number of carbonyl (C=O) groups excluding carboxylic acids is 2. The summed E-state index contributed by atoms with van der Waals surface area (Å²) < 4.78 is 15.9. The summed E-state index contributed by atoms with van der Waals surface area (Å²) in [7, 11) is 0. The van der Waals surface area contributed by atoms with Gasteiger partial charge in [0.25, 0.3) is 0 Å². The maximum absolute atomic E-state index is 12.0. The van der Waals surface area contributed by atoms with Gasteiger partial charge in [-0.1, -0.05) is 13.3 Å². The second-order valence-corrected chi connectivity index (χ2v) is 6.03. The minimum Gasteiger partial charge on any atom is -0.458 e. The van der Waals surface area contributed by atoms with Crippen LogP contribution in [0.2, 0.25) is 0 Å². The van der Waals surface area contributed by atoms with Crippen molar-refractivity contribution >= 4 is 11.9 Å². The molecule has 0 bridgehead atoms. The Morgan fingerprint density at radius 3 is 2.74 bits per heavy atom. The van der Waals surface area contributed by atoms with Crippen LogP contribution in [0, 0.1) is 0 Å². The molecule has 130 valence electrons. The van der Waals surface area contributed by atoms with Crippen LogP contribution < -0.4 is 0 Å². The summed E-state index contributed by atoms with van der Waals surface area (Å²) in [6.07, 6.45) is 4.96. The number of cyclic esters (lactones) is 2. The van der Waals surface area contributed by atoms with E-state index >= 15 is 0 Å². The van der Waals surface area contributed by atoms with E-state index < -0.39 is 5.97 Å². The van der Waals surface area contributed by atoms with E-state index in [0.29, 0.717) is 18.4 Å². The summed E-state index contributed by atoms with van der Waals surface area (Å²) in [5, 5.41) is 0. The average molecular weight is 325 g/mol. The van der Waals surface area contributed by atoms with Gasteiger partial charge in [-0.15, -0.1) is 0 Å². The first kappa shape index (κ1) is 17.9. The molecule has 2 rings (SSSR count). The maximum Gasteiger partial charge on any atom is 0.334 e. The van der Waals surface area contributed by atoms with Gasteiger partial charge in [-0.05, 0) is 32.2 Å². The van der Waals surface area contributed by atoms with Crippen LogP contribution in [0.5, 0.6) is 0 Å². The number of morpholine rings is 1. The van der Waals surface area contributed by atoms with Crippen molar-refractivity contribution in [3.8, 4) is 0 Å². The summed E-state index contributed by atoms with van der Waals surface area (Å²) in [4.78, 5) is 26.2. The highest BCUT2D eigenvalue weighted by Crippen LogP contribution is 2.15. The van der Waals surface area contributed by atoms with Gasteiger partial charge in [-0.25, -0.2) is 9.59 Å². The molecule has 2 aliphatic rings. The third kappa shape index (κ3) is 6.31. The summed E-state index contributed by atoms with van der Waals surface area (Å²) in [5.41, 5.74) is 0.423. The third-order valence-corrected chi connectivity index (χ3v) is 4.12. The number of unbranched alkanes of at least 4 members (excludes halogenated alkanes) is 1. The van der Waals surface area contributed by atoms with Crippen molar-refractivity contribution in [2.24, 2.45) is 0 Å². The lowest BCUT2D eigenvalue weighted by Gasteiger charge is -2.26. The quantitative estimate of drug-likeness (QED) is 0.524. The standard InChI is InChI=1S/C17H27NO5/c1-2-5-15-13-22-17(20)14(12-16(19)23-15)6-3-4-7-18-8-10-21-11-9-18/h12,15H,2-11,13H2,1H3/b14-12+. The summed E-state index contributed by atoms with van der Waals surface area (Å²) >= 11 is 0. The molecule has 6 nitrogen and oxygen atoms in total. The van der Waals surface area contributed by atoms with Gasteiger partial charge < -0.3 is 14.2 Å². The molecule has 0 aromatic heterocycles. The molecule has 0 spiro atoms. The summed E-state index contributed by atoms with van der Waals surface area (Å²) in [5.74, 6) is -0.808. The molecular weight excluding hydrogens is 298 g/mol. The molecule has 2 aliphatic heterocycles. The zero-order valence-electron chi connectivity index (χ0n) is 13.9. The molecule has 0 saturated carbocycles. The third-order valence-electron chi connectivity index (χ3n) is 4.12. The molecular formula is C17H27NO5. The first-order valence-electron chi connectivity index (χ1n) is 8.57. The Balaban J connectivity index is 1.76. The minimum absolute atomic E-state index is 0.156. The molecule has 0 aromatic carbocycles. The van der Waals surface area contributed by atoms with Crippen LogP contribution in [0.4, 0.5) is 0 Å². The van der Waals surface area contributed by atoms with Crippen LogP contribution in [0.1, 0.15) is 39.0 Å². The molecule has 0 N–H and O–H groups in total. The normalized spacial score (nSPS) is 25.8. The lowest BCUT2D eigenvalue weighted by molar-refractivity contribution is -0.156. The number of ether oxygens (including phenoxy) is 3. The van der Waals surface area contributed by atoms with E-state index in [9.17, 15) is 9.59 Å². The predicted octanol–water partition coefficient (Wildman–Crippen LogP) is 1.68. The highest BCUT2D eigenvalue weighted by Gasteiger charge is 2.22. The maximum atomic E-state index is 12.0. The van der Waals surface area contributed by atoms with Crippen molar-refractivity contribution < 1.29 is 23.8 Å². The molecule has 0 aromatic rings. The molecule has 1 saturated heterocycles. The Morgan fingerprint density at radius 1 is 1.22 bits per heavy atom. The second-order valence-electron chi connectivity index (χ2n) is 6.03. The topological polar surface area (TPSA) is 65.1 Å². The monoisotopic (exact) mass is 325 g/mol. The van der Waals surface area contributed by atoms with Gasteiger partial charge >= 0.3 is 11.9 Å². The molecule has 1 unspecified atom stereocenters. The predicted molar refractivity (Wildman–Crippen MR) is 84.9 cm³/mol. The van der Waals surface area contributed by atoms with Gasteiger partial charge in [-0.2, -0.15) is 0 Å². The van der Waals surface area contributed by atoms with E-state index in [1.165, 1.54) is 6.08 Å². The fraction of sp³-hybridized carbons (Fsp3) is 0.765. The number of nitrogens with zero attached hydrogens (tertiary/aromatic N) is 1. The summed E-state index contributed by atoms with van der Waals surface area (Å²) in [6.45, 7) is 6.68. The molecule has 0 radical (unpaired) electrons. The highest BCUT2D eigenvalue weighted by atomic mass is 16.6. The fourth-order valence-corrected chi connectivity index (χ4v) is 2.81. The first-order valence-corrected chi connectivity index (χ1v) is 8.57. The largest absolute Gasteiger partial charge is 0.458 e. The van der Waals surface area contributed by atoms with E-state index in [0.717, 1.165) is 52.1 Å². The highest BCUT2D eigenvalue weighted by molar-refractivity contribution is 5.96. The van der Waals surface area contributed by atoms with E-state index in [2.05, 4.69) is 4.90 Å². The molecule has 23 heavy (non-hydrogen) atoms. The Hall–Kier alpha value is -1.40. The first-order chi connectivity index (χ1) is 11.2. The number of hydrogen-bond donors (Lipinski definition) is 0. The van der Waals surface area contributed by atoms with Crippen molar-refractivity contribution in [1.29, 1.82) is 0 Å². The van der Waals surface area contributed by atoms with Crippen LogP contribution in [-0.2, 0) is 23.8 Å². The minimum atomic E-state index is -0.428. The molecule has 0 aliphatic carbocycles. The average Bonchev–Trinajstić information content (AvgIpc) is 2.55. The number of carbonyl (C=O) groups is 2. The number of rotatable bonds is 7. The van der Waals surface area contributed by atoms with Crippen molar-refractivity contribution in [3.63, 3.8) is 0 Å². The molecule has 1 atom stereocenters. The Bertz CT molecular complexity index is 429.